The molecule has 1 heterocycles. The number of nitrogens with two attached hydrogens (primary N) is 1. The van der Waals surface area contributed by atoms with Gasteiger partial charge in [0.15, 0.2) is 0 Å². The van der Waals surface area contributed by atoms with Gasteiger partial charge in [0, 0.05) is 25.6 Å². The van der Waals surface area contributed by atoms with Crippen LogP contribution >= 0.6 is 8.53 Å². The lowest BCUT2D eigenvalue weighted by molar-refractivity contribution is -0.134. The Bertz CT molecular complexity index is 308. The van der Waals surface area contributed by atoms with Crippen LogP contribution in [0.2, 0.25) is 0 Å². The fraction of sp³-hybridized carbons (Fsp3) is 1.00. The summed E-state index contributed by atoms with van der Waals surface area (Å²) in [6.45, 7) is 8.23. The van der Waals surface area contributed by atoms with Crippen molar-refractivity contribution in [1.29, 1.82) is 0 Å². The fourth-order valence-corrected chi connectivity index (χ4v) is 3.23. The Morgan fingerprint density at radius 1 is 1.20 bits per heavy atom. The first-order chi connectivity index (χ1) is 8.14. The van der Waals surface area contributed by atoms with E-state index in [4.69, 9.17) is 31.9 Å². The molecule has 0 aromatic rings. The Labute approximate surface area is 127 Å². The molecule has 1 saturated heterocycles. The summed E-state index contributed by atoms with van der Waals surface area (Å²) in [4.78, 5) is 0. The average molecular weight is 307 g/mol. The van der Waals surface area contributed by atoms with E-state index in [9.17, 15) is 0 Å². The van der Waals surface area contributed by atoms with E-state index in [-0.39, 0.29) is 14.9 Å². The molecule has 4 atom stereocenters. The smallest absolute Gasteiger partial charge is 0.253 e. The predicted octanol–water partition coefficient (Wildman–Crippen LogP) is 2.82. The number of ether oxygens (including phenoxy) is 2. The first-order valence-electron chi connectivity index (χ1n) is 5.85. The van der Waals surface area contributed by atoms with E-state index in [0.717, 1.165) is 0 Å². The van der Waals surface area contributed by atoms with E-state index in [0.29, 0.717) is 6.61 Å². The summed E-state index contributed by atoms with van der Waals surface area (Å²) in [5.41, 5.74) is 4.01. The Morgan fingerprint density at radius 3 is 2.10 bits per heavy atom. The Balaban J connectivity index is 0. The number of methoxy groups -OCH3 is 1. The standard InChI is InChI=1S/C11H23BNO4P.2CH4/c1-9(2)8(12)16-10(3,7-14-5)11(9,4)17-18(13)15-6;;/h8H,7,13H2,1-6H3;2*1H4. The van der Waals surface area contributed by atoms with Crippen molar-refractivity contribution in [3.63, 3.8) is 0 Å². The minimum Gasteiger partial charge on any atom is -0.382 e. The molecule has 120 valence electrons. The Hall–Kier alpha value is 0.295. The summed E-state index contributed by atoms with van der Waals surface area (Å²) in [5.74, 6) is 0. The topological polar surface area (TPSA) is 62.9 Å². The van der Waals surface area contributed by atoms with Crippen LogP contribution in [0.15, 0.2) is 0 Å². The SMILES string of the molecule is C.C.[B]C1OC(C)(COC)C(C)(OP(N)OC)C1(C)C. The first kappa shape index (κ1) is 22.6. The molecule has 0 spiro atoms. The molecule has 1 rings (SSSR count). The minimum absolute atomic E-state index is 0. The van der Waals surface area contributed by atoms with Crippen molar-refractivity contribution in [2.45, 2.75) is 59.8 Å². The van der Waals surface area contributed by atoms with E-state index < -0.39 is 31.1 Å². The van der Waals surface area contributed by atoms with Gasteiger partial charge in [-0.2, -0.15) is 0 Å². The highest BCUT2D eigenvalue weighted by atomic mass is 31.2. The molecular weight excluding hydrogens is 276 g/mol. The molecule has 1 aliphatic heterocycles. The van der Waals surface area contributed by atoms with Crippen LogP contribution in [0.3, 0.4) is 0 Å². The van der Waals surface area contributed by atoms with Gasteiger partial charge in [-0.25, -0.2) is 0 Å². The molecule has 1 aliphatic rings. The zero-order valence-electron chi connectivity index (χ0n) is 12.0. The van der Waals surface area contributed by atoms with Crippen LogP contribution < -0.4 is 5.50 Å². The third-order valence-electron chi connectivity index (χ3n) is 4.21. The van der Waals surface area contributed by atoms with Crippen LogP contribution in [-0.4, -0.2) is 45.9 Å². The lowest BCUT2D eigenvalue weighted by Gasteiger charge is -2.46. The highest BCUT2D eigenvalue weighted by Crippen LogP contribution is 2.57. The molecule has 2 N–H and O–H groups in total. The van der Waals surface area contributed by atoms with Crippen LogP contribution in [0.5, 0.6) is 0 Å². The molecule has 4 unspecified atom stereocenters. The molecule has 0 amide bonds. The van der Waals surface area contributed by atoms with Gasteiger partial charge in [-0.15, -0.1) is 0 Å². The maximum atomic E-state index is 6.08. The molecule has 0 aromatic carbocycles. The summed E-state index contributed by atoms with van der Waals surface area (Å²) in [5, 5.41) is 0. The van der Waals surface area contributed by atoms with Crippen molar-refractivity contribution in [3.8, 4) is 0 Å². The van der Waals surface area contributed by atoms with Gasteiger partial charge in [0.2, 0.25) is 0 Å². The average Bonchev–Trinajstić information content (AvgIpc) is 2.39. The van der Waals surface area contributed by atoms with E-state index in [2.05, 4.69) is 0 Å². The third-order valence-corrected chi connectivity index (χ3v) is 5.11. The minimum atomic E-state index is -1.48. The zero-order chi connectivity index (χ0) is 14.2. The zero-order valence-corrected chi connectivity index (χ0v) is 12.9. The number of rotatable bonds is 5. The summed E-state index contributed by atoms with van der Waals surface area (Å²) < 4.78 is 22.1. The van der Waals surface area contributed by atoms with E-state index in [1.165, 1.54) is 7.11 Å². The lowest BCUT2D eigenvalue weighted by Crippen LogP contribution is -2.57. The molecule has 0 bridgehead atoms. The van der Waals surface area contributed by atoms with Gasteiger partial charge < -0.3 is 18.5 Å². The number of hydrogen-bond acceptors (Lipinski definition) is 5. The maximum absolute atomic E-state index is 6.08. The van der Waals surface area contributed by atoms with Gasteiger partial charge >= 0.3 is 0 Å². The summed E-state index contributed by atoms with van der Waals surface area (Å²) in [6, 6.07) is -0.456. The van der Waals surface area contributed by atoms with Gasteiger partial charge in [-0.1, -0.05) is 28.7 Å². The highest BCUT2D eigenvalue weighted by Gasteiger charge is 2.65. The van der Waals surface area contributed by atoms with Gasteiger partial charge in [0.1, 0.15) is 19.0 Å². The quantitative estimate of drug-likeness (QED) is 0.625. The van der Waals surface area contributed by atoms with Crippen molar-refractivity contribution in [3.05, 3.63) is 0 Å². The van der Waals surface area contributed by atoms with Crippen LogP contribution in [0.1, 0.15) is 42.5 Å². The monoisotopic (exact) mass is 307 g/mol. The van der Waals surface area contributed by atoms with Gasteiger partial charge in [0.25, 0.3) is 8.53 Å². The van der Waals surface area contributed by atoms with E-state index >= 15 is 0 Å². The molecule has 20 heavy (non-hydrogen) atoms. The third kappa shape index (κ3) is 3.37. The van der Waals surface area contributed by atoms with Crippen molar-refractivity contribution < 1.29 is 18.5 Å². The Kier molecular flexibility index (Phi) is 8.49. The Morgan fingerprint density at radius 2 is 1.70 bits per heavy atom. The highest BCUT2D eigenvalue weighted by molar-refractivity contribution is 7.44. The van der Waals surface area contributed by atoms with Crippen molar-refractivity contribution in [2.75, 3.05) is 20.8 Å². The van der Waals surface area contributed by atoms with Gasteiger partial charge in [-0.05, 0) is 13.8 Å². The molecule has 0 aromatic heterocycles. The van der Waals surface area contributed by atoms with E-state index in [1.807, 2.05) is 27.7 Å². The second kappa shape index (κ2) is 7.53. The molecule has 1 fully saturated rings. The van der Waals surface area contributed by atoms with Crippen LogP contribution in [-0.2, 0) is 18.5 Å². The first-order valence-corrected chi connectivity index (χ1v) is 7.09. The van der Waals surface area contributed by atoms with Gasteiger partial charge in [-0.3, -0.25) is 5.50 Å². The summed E-state index contributed by atoms with van der Waals surface area (Å²) >= 11 is 0. The summed E-state index contributed by atoms with van der Waals surface area (Å²) in [6.07, 6.45) is 0. The van der Waals surface area contributed by atoms with Gasteiger partial charge in [0.05, 0.1) is 6.61 Å². The normalized spacial score (nSPS) is 36.9. The predicted molar refractivity (Wildman–Crippen MR) is 85.8 cm³/mol. The largest absolute Gasteiger partial charge is 0.382 e. The number of hydrogen-bond donors (Lipinski definition) is 1. The summed E-state index contributed by atoms with van der Waals surface area (Å²) in [7, 11) is 7.74. The fourth-order valence-electron chi connectivity index (χ4n) is 2.37. The molecule has 0 aliphatic carbocycles. The second-order valence-corrected chi connectivity index (χ2v) is 6.63. The van der Waals surface area contributed by atoms with E-state index in [1.54, 1.807) is 7.11 Å². The molecule has 5 nitrogen and oxygen atoms in total. The van der Waals surface area contributed by atoms with Crippen LogP contribution in [0, 0.1) is 5.41 Å². The molecular formula is C13H31BNO4P. The second-order valence-electron chi connectivity index (χ2n) is 5.52. The van der Waals surface area contributed by atoms with Crippen LogP contribution in [0.4, 0.5) is 0 Å². The maximum Gasteiger partial charge on any atom is 0.253 e. The van der Waals surface area contributed by atoms with Crippen molar-refractivity contribution >= 4 is 16.4 Å². The molecule has 0 saturated carbocycles. The van der Waals surface area contributed by atoms with Crippen LogP contribution in [0.25, 0.3) is 0 Å². The van der Waals surface area contributed by atoms with Crippen molar-refractivity contribution in [2.24, 2.45) is 10.9 Å². The lowest BCUT2D eigenvalue weighted by atomic mass is 9.63. The molecule has 2 radical (unpaired) electrons. The molecule has 7 heteroatoms. The van der Waals surface area contributed by atoms with Crippen molar-refractivity contribution in [1.82, 2.24) is 0 Å².